The Balaban J connectivity index is 1.37. The van der Waals surface area contributed by atoms with Gasteiger partial charge in [0.1, 0.15) is 5.82 Å². The number of nitrogens with one attached hydrogen (secondary N) is 1. The van der Waals surface area contributed by atoms with Crippen molar-refractivity contribution in [2.75, 3.05) is 42.9 Å². The van der Waals surface area contributed by atoms with Gasteiger partial charge in [-0.05, 0) is 93.5 Å². The Bertz CT molecular complexity index is 1110. The molecule has 1 amide bonds. The van der Waals surface area contributed by atoms with Crippen LogP contribution in [-0.2, 0) is 0 Å². The van der Waals surface area contributed by atoms with E-state index in [1.165, 1.54) is 12.1 Å². The number of ketones is 1. The smallest absolute Gasteiger partial charge is 0.258 e. The molecule has 0 saturated carbocycles. The number of likely N-dealkylation sites (tertiary alicyclic amines) is 1. The molecule has 2 aromatic carbocycles. The van der Waals surface area contributed by atoms with Crippen LogP contribution in [0.5, 0.6) is 0 Å². The maximum absolute atomic E-state index is 13.4. The fourth-order valence-corrected chi connectivity index (χ4v) is 4.46. The third-order valence-corrected chi connectivity index (χ3v) is 6.44. The van der Waals surface area contributed by atoms with Crippen molar-refractivity contribution in [2.45, 2.75) is 19.8 Å². The molecule has 1 saturated heterocycles. The lowest BCUT2D eigenvalue weighted by molar-refractivity contribution is 0.0841. The van der Waals surface area contributed by atoms with E-state index in [0.717, 1.165) is 43.9 Å². The predicted octanol–water partition coefficient (Wildman–Crippen LogP) is 4.89. The summed E-state index contributed by atoms with van der Waals surface area (Å²) < 4.78 is 13.2. The summed E-state index contributed by atoms with van der Waals surface area (Å²) in [7, 11) is 0. The first-order valence-corrected chi connectivity index (χ1v) is 12.1. The number of aromatic nitrogens is 1. The Hall–Kier alpha value is -3.58. The molecule has 7 heteroatoms. The summed E-state index contributed by atoms with van der Waals surface area (Å²) >= 11 is 0. The van der Waals surface area contributed by atoms with Crippen LogP contribution < -0.4 is 10.2 Å². The van der Waals surface area contributed by atoms with Gasteiger partial charge in [0.2, 0.25) is 0 Å². The van der Waals surface area contributed by atoms with Gasteiger partial charge in [0, 0.05) is 48.6 Å². The van der Waals surface area contributed by atoms with Crippen LogP contribution in [-0.4, -0.2) is 54.3 Å². The molecule has 1 aliphatic heterocycles. The zero-order valence-corrected chi connectivity index (χ0v) is 20.0. The first-order chi connectivity index (χ1) is 17.0. The van der Waals surface area contributed by atoms with Gasteiger partial charge >= 0.3 is 0 Å². The number of carbonyl (C=O) groups excluding carboxylic acids is 2. The van der Waals surface area contributed by atoms with Gasteiger partial charge in [0.15, 0.2) is 5.78 Å². The monoisotopic (exact) mass is 474 g/mol. The molecule has 182 valence electrons. The lowest BCUT2D eigenvalue weighted by atomic mass is 9.89. The Labute approximate surface area is 205 Å². The normalized spacial score (nSPS) is 14.5. The van der Waals surface area contributed by atoms with E-state index in [1.807, 2.05) is 43.3 Å². The second-order valence-electron chi connectivity index (χ2n) is 8.76. The number of nitrogens with zero attached hydrogens (tertiary/aromatic N) is 3. The minimum atomic E-state index is -0.336. The number of carbonyl (C=O) groups is 2. The molecule has 4 rings (SSSR count). The standard InChI is InChI=1S/C28H31FN4O2/c1-2-31-25-11-7-23(8-12-25)28(35)33(26-4-3-15-30-20-26)19-18-32-16-13-22(14-17-32)27(34)21-5-9-24(29)10-6-21/h3-12,15,20,22,31H,2,13-14,16-19H2,1H3. The highest BCUT2D eigenvalue weighted by Crippen LogP contribution is 2.23. The highest BCUT2D eigenvalue weighted by atomic mass is 19.1. The molecule has 0 atom stereocenters. The summed E-state index contributed by atoms with van der Waals surface area (Å²) in [5.74, 6) is -0.374. The molecule has 35 heavy (non-hydrogen) atoms. The second kappa shape index (κ2) is 11.7. The average molecular weight is 475 g/mol. The van der Waals surface area contributed by atoms with Crippen molar-refractivity contribution in [3.05, 3.63) is 90.0 Å². The SMILES string of the molecule is CCNc1ccc(C(=O)N(CCN2CCC(C(=O)c3ccc(F)cc3)CC2)c2cccnc2)cc1. The number of piperidine rings is 1. The van der Waals surface area contributed by atoms with Crippen LogP contribution >= 0.6 is 0 Å². The van der Waals surface area contributed by atoms with Gasteiger partial charge in [-0.2, -0.15) is 0 Å². The van der Waals surface area contributed by atoms with Crippen LogP contribution in [0.2, 0.25) is 0 Å². The van der Waals surface area contributed by atoms with Gasteiger partial charge in [-0.25, -0.2) is 4.39 Å². The second-order valence-corrected chi connectivity index (χ2v) is 8.76. The molecule has 1 fully saturated rings. The van der Waals surface area contributed by atoms with Crippen molar-refractivity contribution >= 4 is 23.1 Å². The van der Waals surface area contributed by atoms with Gasteiger partial charge in [-0.15, -0.1) is 0 Å². The highest BCUT2D eigenvalue weighted by Gasteiger charge is 2.27. The number of hydrogen-bond donors (Lipinski definition) is 1. The van der Waals surface area contributed by atoms with E-state index in [2.05, 4.69) is 15.2 Å². The summed E-state index contributed by atoms with van der Waals surface area (Å²) in [6.07, 6.45) is 4.91. The average Bonchev–Trinajstić information content (AvgIpc) is 2.90. The fraction of sp³-hybridized carbons (Fsp3) is 0.321. The maximum atomic E-state index is 13.4. The minimum Gasteiger partial charge on any atom is -0.385 e. The maximum Gasteiger partial charge on any atom is 0.258 e. The third-order valence-electron chi connectivity index (χ3n) is 6.44. The van der Waals surface area contributed by atoms with Crippen molar-refractivity contribution in [2.24, 2.45) is 5.92 Å². The van der Waals surface area contributed by atoms with Crippen molar-refractivity contribution in [1.29, 1.82) is 0 Å². The molecule has 1 aromatic heterocycles. The van der Waals surface area contributed by atoms with Crippen LogP contribution in [0.3, 0.4) is 0 Å². The molecule has 0 aliphatic carbocycles. The molecule has 0 spiro atoms. The van der Waals surface area contributed by atoms with Crippen molar-refractivity contribution in [3.8, 4) is 0 Å². The van der Waals surface area contributed by atoms with Crippen LogP contribution in [0.4, 0.5) is 15.8 Å². The molecule has 0 bridgehead atoms. The number of halogens is 1. The molecule has 2 heterocycles. The summed E-state index contributed by atoms with van der Waals surface area (Å²) in [6, 6.07) is 17.0. The predicted molar refractivity (Wildman–Crippen MR) is 136 cm³/mol. The van der Waals surface area contributed by atoms with Gasteiger partial charge in [-0.1, -0.05) is 0 Å². The summed E-state index contributed by atoms with van der Waals surface area (Å²) in [5, 5.41) is 3.24. The van der Waals surface area contributed by atoms with Crippen LogP contribution in [0.15, 0.2) is 73.1 Å². The van der Waals surface area contributed by atoms with Gasteiger partial charge in [0.05, 0.1) is 11.9 Å². The van der Waals surface area contributed by atoms with Crippen LogP contribution in [0.25, 0.3) is 0 Å². The largest absolute Gasteiger partial charge is 0.385 e. The van der Waals surface area contributed by atoms with Gasteiger partial charge in [0.25, 0.3) is 5.91 Å². The summed E-state index contributed by atoms with van der Waals surface area (Å²) in [5.41, 5.74) is 2.93. The first kappa shape index (κ1) is 24.5. The highest BCUT2D eigenvalue weighted by molar-refractivity contribution is 6.06. The van der Waals surface area contributed by atoms with E-state index in [-0.39, 0.29) is 23.4 Å². The van der Waals surface area contributed by atoms with Crippen molar-refractivity contribution in [3.63, 3.8) is 0 Å². The van der Waals surface area contributed by atoms with E-state index in [9.17, 15) is 14.0 Å². The fourth-order valence-electron chi connectivity index (χ4n) is 4.46. The first-order valence-electron chi connectivity index (χ1n) is 12.1. The minimum absolute atomic E-state index is 0.0528. The molecule has 0 radical (unpaired) electrons. The van der Waals surface area contributed by atoms with E-state index < -0.39 is 0 Å². The van der Waals surface area contributed by atoms with Crippen LogP contribution in [0, 0.1) is 11.7 Å². The Morgan fingerprint density at radius 2 is 1.71 bits per heavy atom. The molecular weight excluding hydrogens is 443 g/mol. The van der Waals surface area contributed by atoms with E-state index >= 15 is 0 Å². The molecule has 1 aliphatic rings. The lowest BCUT2D eigenvalue weighted by Gasteiger charge is -2.33. The third kappa shape index (κ3) is 6.31. The van der Waals surface area contributed by atoms with E-state index in [4.69, 9.17) is 0 Å². The van der Waals surface area contributed by atoms with Crippen molar-refractivity contribution < 1.29 is 14.0 Å². The lowest BCUT2D eigenvalue weighted by Crippen LogP contribution is -2.43. The number of hydrogen-bond acceptors (Lipinski definition) is 5. The topological polar surface area (TPSA) is 65.5 Å². The van der Waals surface area contributed by atoms with Gasteiger partial charge < -0.3 is 15.1 Å². The van der Waals surface area contributed by atoms with Crippen LogP contribution in [0.1, 0.15) is 40.5 Å². The molecule has 6 nitrogen and oxygen atoms in total. The summed E-state index contributed by atoms with van der Waals surface area (Å²) in [4.78, 5) is 34.4. The number of anilines is 2. The molecule has 0 unspecified atom stereocenters. The number of pyridine rings is 1. The van der Waals surface area contributed by atoms with E-state index in [1.54, 1.807) is 29.4 Å². The quantitative estimate of drug-likeness (QED) is 0.447. The van der Waals surface area contributed by atoms with Gasteiger partial charge in [-0.3, -0.25) is 14.6 Å². The van der Waals surface area contributed by atoms with E-state index in [0.29, 0.717) is 24.2 Å². The zero-order valence-electron chi connectivity index (χ0n) is 20.0. The Kier molecular flexibility index (Phi) is 8.21. The van der Waals surface area contributed by atoms with Crippen molar-refractivity contribution in [1.82, 2.24) is 9.88 Å². The Morgan fingerprint density at radius 3 is 2.34 bits per heavy atom. The zero-order chi connectivity index (χ0) is 24.6. The number of Topliss-reactive ketones (excluding diaryl/α,β-unsaturated/α-hetero) is 1. The number of rotatable bonds is 9. The number of amides is 1. The number of benzene rings is 2. The molecular formula is C28H31FN4O2. The molecule has 3 aromatic rings. The Morgan fingerprint density at radius 1 is 1.03 bits per heavy atom. The summed E-state index contributed by atoms with van der Waals surface area (Å²) in [6.45, 7) is 5.64. The molecule has 1 N–H and O–H groups in total.